The van der Waals surface area contributed by atoms with Crippen LogP contribution in [0.4, 0.5) is 0 Å². The fourth-order valence-corrected chi connectivity index (χ4v) is 2.32. The van der Waals surface area contributed by atoms with E-state index in [2.05, 4.69) is 83.7 Å². The van der Waals surface area contributed by atoms with Crippen LogP contribution in [0.1, 0.15) is 16.7 Å². The van der Waals surface area contributed by atoms with E-state index in [1.807, 2.05) is 0 Å². The number of aromatic nitrogens is 1. The molecule has 1 aromatic heterocycles. The predicted octanol–water partition coefficient (Wildman–Crippen LogP) is 4.13. The molecular weight excluding hydrogens is 230 g/mol. The van der Waals surface area contributed by atoms with Crippen molar-refractivity contribution in [3.63, 3.8) is 0 Å². The Morgan fingerprint density at radius 3 is 1.95 bits per heavy atom. The molecule has 0 saturated carbocycles. The Morgan fingerprint density at radius 1 is 0.632 bits per heavy atom. The molecule has 0 amide bonds. The van der Waals surface area contributed by atoms with Crippen molar-refractivity contribution in [2.24, 2.45) is 0 Å². The monoisotopic (exact) mass is 247 g/mol. The molecule has 0 radical (unpaired) electrons. The van der Waals surface area contributed by atoms with Crippen molar-refractivity contribution >= 4 is 0 Å². The Hall–Kier alpha value is -2.28. The third-order valence-corrected chi connectivity index (χ3v) is 3.27. The molecule has 0 saturated heterocycles. The molecule has 1 heterocycles. The summed E-state index contributed by atoms with van der Waals surface area (Å²) in [5, 5.41) is 0. The first kappa shape index (κ1) is 11.8. The summed E-state index contributed by atoms with van der Waals surface area (Å²) in [4.78, 5) is 0. The highest BCUT2D eigenvalue weighted by molar-refractivity contribution is 5.25. The van der Waals surface area contributed by atoms with Crippen LogP contribution in [-0.2, 0) is 13.0 Å². The molecule has 0 fully saturated rings. The van der Waals surface area contributed by atoms with Gasteiger partial charge in [-0.2, -0.15) is 0 Å². The Labute approximate surface area is 114 Å². The molecule has 0 bridgehead atoms. The highest BCUT2D eigenvalue weighted by Crippen LogP contribution is 2.11. The van der Waals surface area contributed by atoms with Crippen molar-refractivity contribution < 1.29 is 0 Å². The normalized spacial score (nSPS) is 10.5. The van der Waals surface area contributed by atoms with Crippen molar-refractivity contribution in [1.29, 1.82) is 0 Å². The predicted molar refractivity (Wildman–Crippen MR) is 79.2 cm³/mol. The van der Waals surface area contributed by atoms with Gasteiger partial charge in [0.15, 0.2) is 0 Å². The Bertz CT molecular complexity index is 567. The van der Waals surface area contributed by atoms with Crippen LogP contribution in [0.3, 0.4) is 0 Å². The van der Waals surface area contributed by atoms with Crippen LogP contribution in [0.5, 0.6) is 0 Å². The molecule has 0 aliphatic heterocycles. The van der Waals surface area contributed by atoms with Gasteiger partial charge < -0.3 is 4.57 Å². The average Bonchev–Trinajstić information content (AvgIpc) is 2.88. The van der Waals surface area contributed by atoms with Crippen molar-refractivity contribution in [1.82, 2.24) is 4.57 Å². The molecular formula is C18H17N. The van der Waals surface area contributed by atoms with E-state index in [1.54, 1.807) is 0 Å². The summed E-state index contributed by atoms with van der Waals surface area (Å²) < 4.78 is 2.24. The molecule has 0 aliphatic carbocycles. The first-order chi connectivity index (χ1) is 9.40. The van der Waals surface area contributed by atoms with E-state index in [9.17, 15) is 0 Å². The zero-order valence-electron chi connectivity index (χ0n) is 10.9. The van der Waals surface area contributed by atoms with Gasteiger partial charge in [0, 0.05) is 18.9 Å². The van der Waals surface area contributed by atoms with Gasteiger partial charge in [0.1, 0.15) is 0 Å². The summed E-state index contributed by atoms with van der Waals surface area (Å²) in [6.07, 6.45) is 5.40. The minimum absolute atomic E-state index is 0.940. The quantitative estimate of drug-likeness (QED) is 0.653. The molecule has 19 heavy (non-hydrogen) atoms. The SMILES string of the molecule is c1ccc(Cc2ccn(Cc3ccccc3)c2)cc1. The average molecular weight is 247 g/mol. The Balaban J connectivity index is 1.70. The zero-order valence-corrected chi connectivity index (χ0v) is 10.9. The van der Waals surface area contributed by atoms with Crippen LogP contribution in [0.2, 0.25) is 0 Å². The van der Waals surface area contributed by atoms with Crippen molar-refractivity contribution in [3.8, 4) is 0 Å². The number of nitrogens with zero attached hydrogens (tertiary/aromatic N) is 1. The van der Waals surface area contributed by atoms with Gasteiger partial charge in [0.2, 0.25) is 0 Å². The fraction of sp³-hybridized carbons (Fsp3) is 0.111. The highest BCUT2D eigenvalue weighted by atomic mass is 14.9. The van der Waals surface area contributed by atoms with Gasteiger partial charge in [0.25, 0.3) is 0 Å². The van der Waals surface area contributed by atoms with Crippen LogP contribution in [0.25, 0.3) is 0 Å². The maximum Gasteiger partial charge on any atom is 0.0470 e. The maximum absolute atomic E-state index is 2.24. The van der Waals surface area contributed by atoms with Crippen molar-refractivity contribution in [3.05, 3.63) is 95.8 Å². The molecule has 0 N–H and O–H groups in total. The standard InChI is InChI=1S/C18H17N/c1-3-7-16(8-4-1)13-18-11-12-19(15-18)14-17-9-5-2-6-10-17/h1-12,15H,13-14H2. The Kier molecular flexibility index (Phi) is 3.46. The molecule has 1 nitrogen and oxygen atoms in total. The van der Waals surface area contributed by atoms with Crippen molar-refractivity contribution in [2.75, 3.05) is 0 Å². The lowest BCUT2D eigenvalue weighted by atomic mass is 10.1. The van der Waals surface area contributed by atoms with E-state index in [0.29, 0.717) is 0 Å². The van der Waals surface area contributed by atoms with Gasteiger partial charge in [-0.05, 0) is 29.2 Å². The number of benzene rings is 2. The largest absolute Gasteiger partial charge is 0.350 e. The third-order valence-electron chi connectivity index (χ3n) is 3.27. The summed E-state index contributed by atoms with van der Waals surface area (Å²) in [7, 11) is 0. The second-order valence-electron chi connectivity index (χ2n) is 4.84. The van der Waals surface area contributed by atoms with E-state index < -0.39 is 0 Å². The molecule has 0 aliphatic rings. The lowest BCUT2D eigenvalue weighted by Crippen LogP contribution is -1.95. The second-order valence-corrected chi connectivity index (χ2v) is 4.84. The smallest absolute Gasteiger partial charge is 0.0470 e. The van der Waals surface area contributed by atoms with E-state index in [-0.39, 0.29) is 0 Å². The van der Waals surface area contributed by atoms with E-state index in [1.165, 1.54) is 16.7 Å². The summed E-state index contributed by atoms with van der Waals surface area (Å²) in [5.41, 5.74) is 4.06. The summed E-state index contributed by atoms with van der Waals surface area (Å²) in [6.45, 7) is 0.940. The number of hydrogen-bond donors (Lipinski definition) is 0. The molecule has 3 aromatic rings. The van der Waals surface area contributed by atoms with Gasteiger partial charge in [-0.1, -0.05) is 60.7 Å². The lowest BCUT2D eigenvalue weighted by molar-refractivity contribution is 0.803. The van der Waals surface area contributed by atoms with Crippen molar-refractivity contribution in [2.45, 2.75) is 13.0 Å². The highest BCUT2D eigenvalue weighted by Gasteiger charge is 1.99. The minimum atomic E-state index is 0.940. The first-order valence-electron chi connectivity index (χ1n) is 6.63. The van der Waals surface area contributed by atoms with E-state index in [4.69, 9.17) is 0 Å². The topological polar surface area (TPSA) is 4.93 Å². The van der Waals surface area contributed by atoms with Gasteiger partial charge in [-0.25, -0.2) is 0 Å². The van der Waals surface area contributed by atoms with Gasteiger partial charge >= 0.3 is 0 Å². The van der Waals surface area contributed by atoms with E-state index in [0.717, 1.165) is 13.0 Å². The molecule has 0 atom stereocenters. The molecule has 0 spiro atoms. The molecule has 1 heteroatoms. The van der Waals surface area contributed by atoms with E-state index >= 15 is 0 Å². The third kappa shape index (κ3) is 3.14. The fourth-order valence-electron chi connectivity index (χ4n) is 2.32. The van der Waals surface area contributed by atoms with Crippen LogP contribution < -0.4 is 0 Å². The molecule has 0 unspecified atom stereocenters. The van der Waals surface area contributed by atoms with Crippen LogP contribution in [0.15, 0.2) is 79.1 Å². The molecule has 2 aromatic carbocycles. The lowest BCUT2D eigenvalue weighted by Gasteiger charge is -2.02. The molecule has 94 valence electrons. The number of hydrogen-bond acceptors (Lipinski definition) is 0. The maximum atomic E-state index is 2.24. The van der Waals surface area contributed by atoms with Crippen LogP contribution in [0, 0.1) is 0 Å². The second kappa shape index (κ2) is 5.57. The zero-order chi connectivity index (χ0) is 12.9. The summed E-state index contributed by atoms with van der Waals surface area (Å²) >= 11 is 0. The van der Waals surface area contributed by atoms with Gasteiger partial charge in [-0.3, -0.25) is 0 Å². The van der Waals surface area contributed by atoms with Crippen LogP contribution >= 0.6 is 0 Å². The Morgan fingerprint density at radius 2 is 1.26 bits per heavy atom. The minimum Gasteiger partial charge on any atom is -0.350 e. The number of rotatable bonds is 4. The van der Waals surface area contributed by atoms with Gasteiger partial charge in [0.05, 0.1) is 0 Å². The summed E-state index contributed by atoms with van der Waals surface area (Å²) in [6, 6.07) is 23.4. The van der Waals surface area contributed by atoms with Crippen LogP contribution in [-0.4, -0.2) is 4.57 Å². The molecule has 3 rings (SSSR count). The summed E-state index contributed by atoms with van der Waals surface area (Å²) in [5.74, 6) is 0. The first-order valence-corrected chi connectivity index (χ1v) is 6.63. The van der Waals surface area contributed by atoms with Gasteiger partial charge in [-0.15, -0.1) is 0 Å².